The Morgan fingerprint density at radius 1 is 1.62 bits per heavy atom. The quantitative estimate of drug-likeness (QED) is 0.449. The second-order valence-electron chi connectivity index (χ2n) is 1.64. The number of rotatable bonds is 3. The van der Waals surface area contributed by atoms with Gasteiger partial charge in [0.05, 0.1) is 4.49 Å². The largest absolute Gasteiger partial charge is 0.0980 e. The standard InChI is InChI=1S/C5H10Cl2Si/c1-2-3-8-4-5(6)7/h4H,2-3,8H2,1H3. The molecule has 0 rings (SSSR count). The second-order valence-corrected chi connectivity index (χ2v) is 4.34. The lowest BCUT2D eigenvalue weighted by Gasteiger charge is -1.84. The van der Waals surface area contributed by atoms with Crippen LogP contribution >= 0.6 is 23.2 Å². The third-order valence-corrected chi connectivity index (χ3v) is 3.49. The van der Waals surface area contributed by atoms with E-state index in [1.807, 2.05) is 5.70 Å². The average molecular weight is 169 g/mol. The van der Waals surface area contributed by atoms with Gasteiger partial charge in [-0.25, -0.2) is 0 Å². The topological polar surface area (TPSA) is 0 Å². The van der Waals surface area contributed by atoms with E-state index in [1.165, 1.54) is 12.5 Å². The fourth-order valence-electron chi connectivity index (χ4n) is 0.415. The molecule has 0 amide bonds. The highest BCUT2D eigenvalue weighted by molar-refractivity contribution is 6.60. The van der Waals surface area contributed by atoms with E-state index in [9.17, 15) is 0 Å². The summed E-state index contributed by atoms with van der Waals surface area (Å²) >= 11 is 10.7. The molecule has 0 aromatic heterocycles. The van der Waals surface area contributed by atoms with E-state index in [2.05, 4.69) is 6.92 Å². The summed E-state index contributed by atoms with van der Waals surface area (Å²) in [6, 6.07) is 1.31. The zero-order chi connectivity index (χ0) is 6.41. The van der Waals surface area contributed by atoms with Gasteiger partial charge in [0, 0.05) is 9.52 Å². The molecule has 0 aliphatic heterocycles. The van der Waals surface area contributed by atoms with Gasteiger partial charge in [0.1, 0.15) is 0 Å². The number of hydrogen-bond donors (Lipinski definition) is 0. The molecule has 0 aliphatic carbocycles. The van der Waals surface area contributed by atoms with Gasteiger partial charge in [-0.15, -0.1) is 0 Å². The van der Waals surface area contributed by atoms with Crippen molar-refractivity contribution in [3.8, 4) is 0 Å². The molecule has 0 bridgehead atoms. The lowest BCUT2D eigenvalue weighted by atomic mass is 10.6. The number of hydrogen-bond acceptors (Lipinski definition) is 0. The Morgan fingerprint density at radius 3 is 2.62 bits per heavy atom. The van der Waals surface area contributed by atoms with Crippen LogP contribution < -0.4 is 0 Å². The van der Waals surface area contributed by atoms with Gasteiger partial charge >= 0.3 is 0 Å². The summed E-state index contributed by atoms with van der Waals surface area (Å²) < 4.78 is 0.449. The third-order valence-electron chi connectivity index (χ3n) is 0.856. The first kappa shape index (κ1) is 8.54. The SMILES string of the molecule is CCC[SiH2]C=C(Cl)Cl. The first-order chi connectivity index (χ1) is 3.77. The summed E-state index contributed by atoms with van der Waals surface area (Å²) in [5.41, 5.74) is 1.96. The van der Waals surface area contributed by atoms with Crippen molar-refractivity contribution in [3.63, 3.8) is 0 Å². The van der Waals surface area contributed by atoms with Crippen molar-refractivity contribution < 1.29 is 0 Å². The third kappa shape index (κ3) is 6.54. The van der Waals surface area contributed by atoms with Crippen molar-refractivity contribution in [2.24, 2.45) is 0 Å². The molecule has 0 nitrogen and oxygen atoms in total. The molecule has 8 heavy (non-hydrogen) atoms. The Labute approximate surface area is 62.7 Å². The van der Waals surface area contributed by atoms with Crippen LogP contribution in [0.3, 0.4) is 0 Å². The van der Waals surface area contributed by atoms with Crippen LogP contribution in [0.15, 0.2) is 10.2 Å². The molecular weight excluding hydrogens is 159 g/mol. The van der Waals surface area contributed by atoms with E-state index in [0.29, 0.717) is 4.49 Å². The predicted molar refractivity (Wildman–Crippen MR) is 43.4 cm³/mol. The van der Waals surface area contributed by atoms with Crippen molar-refractivity contribution in [1.82, 2.24) is 0 Å². The Bertz CT molecular complexity index is 76.5. The van der Waals surface area contributed by atoms with Crippen molar-refractivity contribution in [2.45, 2.75) is 19.4 Å². The van der Waals surface area contributed by atoms with Gasteiger partial charge in [-0.3, -0.25) is 0 Å². The smallest absolute Gasteiger partial charge is 0.0719 e. The van der Waals surface area contributed by atoms with Crippen LogP contribution in [0, 0.1) is 0 Å². The average Bonchev–Trinajstić information content (AvgIpc) is 1.66. The maximum Gasteiger partial charge on any atom is 0.0980 e. The number of halogens is 2. The molecule has 0 radical (unpaired) electrons. The molecule has 0 saturated heterocycles. The molecule has 0 aliphatic rings. The summed E-state index contributed by atoms with van der Waals surface area (Å²) in [5, 5.41) is 0. The van der Waals surface area contributed by atoms with Crippen molar-refractivity contribution in [1.29, 1.82) is 0 Å². The van der Waals surface area contributed by atoms with E-state index in [1.54, 1.807) is 0 Å². The molecule has 0 aromatic rings. The van der Waals surface area contributed by atoms with Crippen LogP contribution in [0.1, 0.15) is 13.3 Å². The molecule has 0 fully saturated rings. The Kier molecular flexibility index (Phi) is 6.05. The Balaban J connectivity index is 3.03. The van der Waals surface area contributed by atoms with E-state index in [-0.39, 0.29) is 9.52 Å². The normalized spacial score (nSPS) is 10.4. The molecule has 0 atom stereocenters. The van der Waals surface area contributed by atoms with Crippen LogP contribution in [0.4, 0.5) is 0 Å². The molecule has 0 aromatic carbocycles. The van der Waals surface area contributed by atoms with Crippen LogP contribution in [0.25, 0.3) is 0 Å². The van der Waals surface area contributed by atoms with Gasteiger partial charge in [-0.2, -0.15) is 0 Å². The van der Waals surface area contributed by atoms with Gasteiger partial charge in [0.25, 0.3) is 0 Å². The van der Waals surface area contributed by atoms with Crippen molar-refractivity contribution in [2.75, 3.05) is 0 Å². The minimum atomic E-state index is -0.0621. The zero-order valence-electron chi connectivity index (χ0n) is 4.95. The summed E-state index contributed by atoms with van der Waals surface area (Å²) in [6.45, 7) is 2.17. The summed E-state index contributed by atoms with van der Waals surface area (Å²) in [4.78, 5) is 0. The van der Waals surface area contributed by atoms with E-state index < -0.39 is 0 Å². The summed E-state index contributed by atoms with van der Waals surface area (Å²) in [5.74, 6) is 0. The highest BCUT2D eigenvalue weighted by Gasteiger charge is 1.82. The van der Waals surface area contributed by atoms with Gasteiger partial charge in [0.15, 0.2) is 0 Å². The van der Waals surface area contributed by atoms with Crippen molar-refractivity contribution >= 4 is 32.7 Å². The minimum absolute atomic E-state index is 0.0621. The summed E-state index contributed by atoms with van der Waals surface area (Å²) in [7, 11) is -0.0621. The second kappa shape index (κ2) is 5.67. The highest BCUT2D eigenvalue weighted by Crippen LogP contribution is 2.05. The summed E-state index contributed by atoms with van der Waals surface area (Å²) in [6.07, 6.45) is 1.25. The van der Waals surface area contributed by atoms with Gasteiger partial charge in [-0.05, 0) is 0 Å². The monoisotopic (exact) mass is 168 g/mol. The molecular formula is C5H10Cl2Si. The predicted octanol–water partition coefficient (Wildman–Crippen LogP) is 2.26. The maximum atomic E-state index is 5.37. The molecule has 0 unspecified atom stereocenters. The Morgan fingerprint density at radius 2 is 2.25 bits per heavy atom. The van der Waals surface area contributed by atoms with Crippen LogP contribution in [-0.2, 0) is 0 Å². The first-order valence-corrected chi connectivity index (χ1v) is 5.35. The van der Waals surface area contributed by atoms with E-state index in [4.69, 9.17) is 23.2 Å². The molecule has 3 heteroatoms. The van der Waals surface area contributed by atoms with Gasteiger partial charge in [0.2, 0.25) is 0 Å². The van der Waals surface area contributed by atoms with Gasteiger partial charge in [-0.1, -0.05) is 48.3 Å². The van der Waals surface area contributed by atoms with Crippen LogP contribution in [0.2, 0.25) is 6.04 Å². The zero-order valence-corrected chi connectivity index (χ0v) is 7.88. The minimum Gasteiger partial charge on any atom is -0.0719 e. The molecule has 0 saturated carbocycles. The van der Waals surface area contributed by atoms with E-state index >= 15 is 0 Å². The first-order valence-electron chi connectivity index (χ1n) is 2.78. The fourth-order valence-corrected chi connectivity index (χ4v) is 1.90. The molecule has 0 spiro atoms. The molecule has 48 valence electrons. The van der Waals surface area contributed by atoms with Crippen LogP contribution in [0.5, 0.6) is 0 Å². The van der Waals surface area contributed by atoms with Gasteiger partial charge < -0.3 is 0 Å². The molecule has 0 N–H and O–H groups in total. The lowest BCUT2D eigenvalue weighted by Crippen LogP contribution is -1.80. The van der Waals surface area contributed by atoms with E-state index in [0.717, 1.165) is 0 Å². The Hall–Kier alpha value is 0.537. The maximum absolute atomic E-state index is 5.37. The van der Waals surface area contributed by atoms with Crippen molar-refractivity contribution in [3.05, 3.63) is 10.2 Å². The highest BCUT2D eigenvalue weighted by atomic mass is 35.5. The molecule has 0 heterocycles. The fraction of sp³-hybridized carbons (Fsp3) is 0.600. The van der Waals surface area contributed by atoms with Crippen LogP contribution in [-0.4, -0.2) is 9.52 Å². The lowest BCUT2D eigenvalue weighted by molar-refractivity contribution is 1.08.